The lowest BCUT2D eigenvalue weighted by atomic mass is 10.1. The summed E-state index contributed by atoms with van der Waals surface area (Å²) in [5, 5.41) is 6.59. The highest BCUT2D eigenvalue weighted by Crippen LogP contribution is 2.25. The lowest BCUT2D eigenvalue weighted by molar-refractivity contribution is -0.120. The van der Waals surface area contributed by atoms with Gasteiger partial charge in [0.25, 0.3) is 0 Å². The van der Waals surface area contributed by atoms with Crippen LogP contribution in [0.15, 0.2) is 18.2 Å². The van der Waals surface area contributed by atoms with Crippen molar-refractivity contribution in [2.24, 2.45) is 0 Å². The number of halogens is 1. The van der Waals surface area contributed by atoms with Gasteiger partial charge in [0, 0.05) is 25.6 Å². The molecule has 0 fully saturated rings. The molecule has 0 aliphatic carbocycles. The minimum Gasteiger partial charge on any atom is -0.492 e. The summed E-state index contributed by atoms with van der Waals surface area (Å²) in [5.74, 6) is 0.682. The van der Waals surface area contributed by atoms with E-state index in [0.29, 0.717) is 30.2 Å². The van der Waals surface area contributed by atoms with Gasteiger partial charge < -0.3 is 15.4 Å². The Morgan fingerprint density at radius 3 is 2.62 bits per heavy atom. The molecule has 0 bridgehead atoms. The Balaban J connectivity index is 2.45. The highest BCUT2D eigenvalue weighted by atomic mass is 35.5. The summed E-state index contributed by atoms with van der Waals surface area (Å²) in [6, 6.07) is 5.79. The molecule has 5 heteroatoms. The van der Waals surface area contributed by atoms with Crippen LogP contribution in [0.5, 0.6) is 5.75 Å². The van der Waals surface area contributed by atoms with Gasteiger partial charge in [0.05, 0.1) is 11.6 Å². The van der Waals surface area contributed by atoms with Crippen molar-refractivity contribution in [3.05, 3.63) is 28.8 Å². The highest BCUT2D eigenvalue weighted by molar-refractivity contribution is 6.32. The normalized spacial score (nSPS) is 11.3. The minimum absolute atomic E-state index is 0.0216. The number of rotatable bonds is 7. The minimum atomic E-state index is 0.0216. The van der Waals surface area contributed by atoms with Crippen LogP contribution in [0.3, 0.4) is 0 Å². The van der Waals surface area contributed by atoms with Crippen molar-refractivity contribution in [1.29, 1.82) is 0 Å². The molecule has 0 unspecified atom stereocenters. The summed E-state index contributed by atoms with van der Waals surface area (Å²) >= 11 is 6.22. The fourth-order valence-electron chi connectivity index (χ4n) is 1.68. The van der Waals surface area contributed by atoms with Crippen molar-refractivity contribution < 1.29 is 9.53 Å². The van der Waals surface area contributed by atoms with E-state index in [-0.39, 0.29) is 11.4 Å². The topological polar surface area (TPSA) is 50.4 Å². The monoisotopic (exact) mass is 312 g/mol. The molecule has 1 aromatic rings. The lowest BCUT2D eigenvalue weighted by Crippen LogP contribution is -2.35. The summed E-state index contributed by atoms with van der Waals surface area (Å²) in [6.07, 6.45) is 1.13. The van der Waals surface area contributed by atoms with Crippen molar-refractivity contribution in [3.63, 3.8) is 0 Å². The molecule has 1 rings (SSSR count). The van der Waals surface area contributed by atoms with Crippen LogP contribution in [-0.2, 0) is 11.3 Å². The first-order chi connectivity index (χ1) is 9.81. The summed E-state index contributed by atoms with van der Waals surface area (Å²) in [7, 11) is 1.63. The van der Waals surface area contributed by atoms with E-state index in [4.69, 9.17) is 16.3 Å². The van der Waals surface area contributed by atoms with Gasteiger partial charge in [-0.2, -0.15) is 0 Å². The van der Waals surface area contributed by atoms with Crippen LogP contribution in [0.4, 0.5) is 0 Å². The Morgan fingerprint density at radius 1 is 1.33 bits per heavy atom. The van der Waals surface area contributed by atoms with E-state index in [9.17, 15) is 4.79 Å². The summed E-state index contributed by atoms with van der Waals surface area (Å²) in [4.78, 5) is 11.1. The van der Waals surface area contributed by atoms with Gasteiger partial charge in [-0.25, -0.2) is 0 Å². The van der Waals surface area contributed by atoms with Gasteiger partial charge in [-0.05, 0) is 44.9 Å². The third kappa shape index (κ3) is 7.34. The maximum Gasteiger partial charge on any atom is 0.219 e. The quantitative estimate of drug-likeness (QED) is 0.761. The number of benzene rings is 1. The fraction of sp³-hybridized carbons (Fsp3) is 0.562. The smallest absolute Gasteiger partial charge is 0.219 e. The Bertz CT molecular complexity index is 470. The first-order valence-electron chi connectivity index (χ1n) is 7.18. The second kappa shape index (κ2) is 8.25. The van der Waals surface area contributed by atoms with Crippen LogP contribution in [0.25, 0.3) is 0 Å². The van der Waals surface area contributed by atoms with Gasteiger partial charge in [0.1, 0.15) is 5.75 Å². The number of hydrogen-bond acceptors (Lipinski definition) is 3. The molecule has 0 aromatic heterocycles. The third-order valence-corrected chi connectivity index (χ3v) is 3.20. The molecule has 21 heavy (non-hydrogen) atoms. The van der Waals surface area contributed by atoms with Crippen LogP contribution in [0, 0.1) is 0 Å². The number of amides is 1. The molecule has 118 valence electrons. The van der Waals surface area contributed by atoms with Crippen LogP contribution >= 0.6 is 11.6 Å². The molecule has 1 aromatic carbocycles. The van der Waals surface area contributed by atoms with E-state index in [1.807, 2.05) is 18.2 Å². The molecule has 0 spiro atoms. The summed E-state index contributed by atoms with van der Waals surface area (Å²) < 4.78 is 5.60. The van der Waals surface area contributed by atoms with E-state index in [1.54, 1.807) is 7.05 Å². The van der Waals surface area contributed by atoms with Crippen LogP contribution in [0.2, 0.25) is 5.02 Å². The molecule has 0 heterocycles. The molecule has 0 radical (unpaired) electrons. The van der Waals surface area contributed by atoms with Gasteiger partial charge in [-0.1, -0.05) is 17.7 Å². The van der Waals surface area contributed by atoms with E-state index < -0.39 is 0 Å². The van der Waals surface area contributed by atoms with E-state index in [1.165, 1.54) is 0 Å². The van der Waals surface area contributed by atoms with E-state index in [0.717, 1.165) is 12.1 Å². The predicted molar refractivity (Wildman–Crippen MR) is 86.8 cm³/mol. The van der Waals surface area contributed by atoms with Gasteiger partial charge in [-0.15, -0.1) is 0 Å². The molecular formula is C16H25ClN2O2. The van der Waals surface area contributed by atoms with E-state index in [2.05, 4.69) is 31.4 Å². The maximum atomic E-state index is 11.1. The summed E-state index contributed by atoms with van der Waals surface area (Å²) in [5.41, 5.74) is 1.19. The van der Waals surface area contributed by atoms with Crippen molar-refractivity contribution in [3.8, 4) is 5.75 Å². The fourth-order valence-corrected chi connectivity index (χ4v) is 1.94. The predicted octanol–water partition coefficient (Wildman–Crippen LogP) is 3.13. The molecule has 2 N–H and O–H groups in total. The van der Waals surface area contributed by atoms with Crippen molar-refractivity contribution in [2.75, 3.05) is 13.7 Å². The number of carbonyl (C=O) groups excluding carboxylic acids is 1. The lowest BCUT2D eigenvalue weighted by Gasteiger charge is -2.20. The van der Waals surface area contributed by atoms with Crippen molar-refractivity contribution >= 4 is 17.5 Å². The Kier molecular flexibility index (Phi) is 6.99. The zero-order valence-corrected chi connectivity index (χ0v) is 14.0. The highest BCUT2D eigenvalue weighted by Gasteiger charge is 2.09. The van der Waals surface area contributed by atoms with Gasteiger partial charge in [0.15, 0.2) is 0 Å². The molecule has 0 atom stereocenters. The van der Waals surface area contributed by atoms with Gasteiger partial charge in [0.2, 0.25) is 5.91 Å². The summed E-state index contributed by atoms with van der Waals surface area (Å²) in [6.45, 7) is 7.61. The standard InChI is InChI=1S/C16H25ClN2O2/c1-16(2,3)19-11-12-7-8-14(13(17)10-12)21-9-5-6-15(20)18-4/h7-8,10,19H,5-6,9,11H2,1-4H3,(H,18,20). The number of nitrogens with one attached hydrogen (secondary N) is 2. The molecule has 0 saturated heterocycles. The van der Waals surface area contributed by atoms with Crippen LogP contribution in [0.1, 0.15) is 39.2 Å². The number of ether oxygens (including phenoxy) is 1. The van der Waals surface area contributed by atoms with Crippen LogP contribution < -0.4 is 15.4 Å². The molecule has 0 saturated carbocycles. The SMILES string of the molecule is CNC(=O)CCCOc1ccc(CNC(C)(C)C)cc1Cl. The molecule has 1 amide bonds. The largest absolute Gasteiger partial charge is 0.492 e. The van der Waals surface area contributed by atoms with Gasteiger partial charge in [-0.3, -0.25) is 4.79 Å². The van der Waals surface area contributed by atoms with E-state index >= 15 is 0 Å². The first kappa shape index (κ1) is 17.8. The maximum absolute atomic E-state index is 11.1. The zero-order valence-electron chi connectivity index (χ0n) is 13.3. The average molecular weight is 313 g/mol. The molecule has 4 nitrogen and oxygen atoms in total. The van der Waals surface area contributed by atoms with Crippen molar-refractivity contribution in [1.82, 2.24) is 10.6 Å². The molecular weight excluding hydrogens is 288 g/mol. The Labute approximate surface area is 132 Å². The Morgan fingerprint density at radius 2 is 2.05 bits per heavy atom. The number of hydrogen-bond donors (Lipinski definition) is 2. The second-order valence-electron chi connectivity index (χ2n) is 5.99. The van der Waals surface area contributed by atoms with Crippen LogP contribution in [-0.4, -0.2) is 25.1 Å². The Hall–Kier alpha value is -1.26. The zero-order chi connectivity index (χ0) is 15.9. The first-order valence-corrected chi connectivity index (χ1v) is 7.56. The molecule has 0 aliphatic rings. The second-order valence-corrected chi connectivity index (χ2v) is 6.40. The third-order valence-electron chi connectivity index (χ3n) is 2.90. The van der Waals surface area contributed by atoms with Gasteiger partial charge >= 0.3 is 0 Å². The molecule has 0 aliphatic heterocycles. The average Bonchev–Trinajstić information content (AvgIpc) is 2.41. The van der Waals surface area contributed by atoms with Crippen molar-refractivity contribution in [2.45, 2.75) is 45.7 Å². The number of carbonyl (C=O) groups is 1.